The molecule has 2 aromatic heterocycles. The van der Waals surface area contributed by atoms with E-state index in [2.05, 4.69) is 70.2 Å². The van der Waals surface area contributed by atoms with Crippen molar-refractivity contribution in [2.75, 3.05) is 0 Å². The molecule has 1 aromatic carbocycles. The molecule has 2 atom stereocenters. The van der Waals surface area contributed by atoms with E-state index in [1.54, 1.807) is 0 Å². The van der Waals surface area contributed by atoms with Gasteiger partial charge in [0.05, 0.1) is 0 Å². The van der Waals surface area contributed by atoms with Crippen LogP contribution in [0.5, 0.6) is 0 Å². The van der Waals surface area contributed by atoms with E-state index in [0.29, 0.717) is 17.8 Å². The first kappa shape index (κ1) is 20.6. The molecule has 1 aliphatic carbocycles. The number of hydrogen-bond donors (Lipinski definition) is 0. The molecule has 1 fully saturated rings. The number of nitrogens with zero attached hydrogens (tertiary/aromatic N) is 4. The number of hydrogen-bond acceptors (Lipinski definition) is 4. The SMILES string of the molecule is CCc1cc(C2CC(c3cc(CC)nc(CC)n3)C2c2ccccc2)nc(CC)n1. The first-order valence-corrected chi connectivity index (χ1v) is 11.4. The maximum atomic E-state index is 4.95. The molecular weight excluding hydrogens is 368 g/mol. The van der Waals surface area contributed by atoms with E-state index in [9.17, 15) is 0 Å². The number of rotatable bonds is 7. The molecule has 0 amide bonds. The highest BCUT2D eigenvalue weighted by atomic mass is 14.9. The lowest BCUT2D eigenvalue weighted by Gasteiger charge is -2.45. The third-order valence-corrected chi connectivity index (χ3v) is 6.37. The second-order valence-corrected chi connectivity index (χ2v) is 8.20. The summed E-state index contributed by atoms with van der Waals surface area (Å²) in [5.74, 6) is 3.12. The van der Waals surface area contributed by atoms with Gasteiger partial charge in [-0.2, -0.15) is 0 Å². The number of benzene rings is 1. The van der Waals surface area contributed by atoms with Gasteiger partial charge in [-0.05, 0) is 37.0 Å². The van der Waals surface area contributed by atoms with E-state index in [-0.39, 0.29) is 0 Å². The average Bonchev–Trinajstić information content (AvgIpc) is 2.78. The van der Waals surface area contributed by atoms with Crippen LogP contribution in [-0.2, 0) is 25.7 Å². The van der Waals surface area contributed by atoms with Gasteiger partial charge in [0, 0.05) is 53.4 Å². The van der Waals surface area contributed by atoms with Gasteiger partial charge in [-0.3, -0.25) is 0 Å². The van der Waals surface area contributed by atoms with Gasteiger partial charge in [0.25, 0.3) is 0 Å². The molecule has 0 saturated heterocycles. The molecule has 0 aliphatic heterocycles. The van der Waals surface area contributed by atoms with E-state index in [1.807, 2.05) is 0 Å². The van der Waals surface area contributed by atoms with E-state index < -0.39 is 0 Å². The molecule has 0 bridgehead atoms. The van der Waals surface area contributed by atoms with Gasteiger partial charge in [0.2, 0.25) is 0 Å². The fraction of sp³-hybridized carbons (Fsp3) is 0.462. The Morgan fingerprint density at radius 1 is 0.667 bits per heavy atom. The predicted molar refractivity (Wildman–Crippen MR) is 121 cm³/mol. The van der Waals surface area contributed by atoms with Gasteiger partial charge in [-0.1, -0.05) is 58.0 Å². The van der Waals surface area contributed by atoms with Crippen LogP contribution >= 0.6 is 0 Å². The standard InChI is InChI=1S/C26H32N4/c1-5-18-14-22(29-24(7-3)27-18)20-16-21(26(20)17-12-10-9-11-13-17)23-15-19(6-2)28-25(8-4)30-23/h9-15,20-21,26H,5-8,16H2,1-4H3. The van der Waals surface area contributed by atoms with Crippen molar-refractivity contribution in [1.29, 1.82) is 0 Å². The van der Waals surface area contributed by atoms with Crippen LogP contribution in [0.3, 0.4) is 0 Å². The van der Waals surface area contributed by atoms with Crippen LogP contribution in [0.25, 0.3) is 0 Å². The largest absolute Gasteiger partial charge is 0.238 e. The lowest BCUT2D eigenvalue weighted by atomic mass is 9.59. The molecule has 0 N–H and O–H groups in total. The number of aromatic nitrogens is 4. The second-order valence-electron chi connectivity index (χ2n) is 8.20. The van der Waals surface area contributed by atoms with Crippen molar-refractivity contribution >= 4 is 0 Å². The van der Waals surface area contributed by atoms with E-state index >= 15 is 0 Å². The Labute approximate surface area is 180 Å². The van der Waals surface area contributed by atoms with Crippen LogP contribution in [0.2, 0.25) is 0 Å². The summed E-state index contributed by atoms with van der Waals surface area (Å²) in [5, 5.41) is 0. The third kappa shape index (κ3) is 4.00. The first-order valence-electron chi connectivity index (χ1n) is 11.4. The molecule has 4 rings (SSSR count). The number of aryl methyl sites for hydroxylation is 4. The molecule has 4 heteroatoms. The predicted octanol–water partition coefficient (Wildman–Crippen LogP) is 5.57. The van der Waals surface area contributed by atoms with Crippen molar-refractivity contribution in [2.24, 2.45) is 0 Å². The lowest BCUT2D eigenvalue weighted by Crippen LogP contribution is -2.33. The van der Waals surface area contributed by atoms with Crippen molar-refractivity contribution in [3.8, 4) is 0 Å². The van der Waals surface area contributed by atoms with Gasteiger partial charge in [-0.25, -0.2) is 19.9 Å². The van der Waals surface area contributed by atoms with E-state index in [0.717, 1.165) is 55.1 Å². The summed E-state index contributed by atoms with van der Waals surface area (Å²) in [4.78, 5) is 19.3. The van der Waals surface area contributed by atoms with Gasteiger partial charge in [-0.15, -0.1) is 0 Å². The summed E-state index contributed by atoms with van der Waals surface area (Å²) in [6, 6.07) is 15.4. The van der Waals surface area contributed by atoms with Gasteiger partial charge in [0.15, 0.2) is 0 Å². The highest BCUT2D eigenvalue weighted by Crippen LogP contribution is 2.57. The van der Waals surface area contributed by atoms with Crippen molar-refractivity contribution < 1.29 is 0 Å². The molecule has 0 radical (unpaired) electrons. The molecule has 0 spiro atoms. The molecule has 156 valence electrons. The van der Waals surface area contributed by atoms with Crippen LogP contribution in [0, 0.1) is 0 Å². The second kappa shape index (κ2) is 9.03. The maximum absolute atomic E-state index is 4.95. The maximum Gasteiger partial charge on any atom is 0.128 e. The molecule has 30 heavy (non-hydrogen) atoms. The summed E-state index contributed by atoms with van der Waals surface area (Å²) in [6.07, 6.45) is 4.71. The van der Waals surface area contributed by atoms with Crippen molar-refractivity contribution in [3.63, 3.8) is 0 Å². The molecule has 4 nitrogen and oxygen atoms in total. The summed E-state index contributed by atoms with van der Waals surface area (Å²) < 4.78 is 0. The van der Waals surface area contributed by atoms with Crippen LogP contribution in [0.15, 0.2) is 42.5 Å². The van der Waals surface area contributed by atoms with Gasteiger partial charge < -0.3 is 0 Å². The molecule has 3 aromatic rings. The minimum absolute atomic E-state index is 0.389. The molecule has 1 aliphatic rings. The van der Waals surface area contributed by atoms with E-state index in [1.165, 1.54) is 17.0 Å². The summed E-state index contributed by atoms with van der Waals surface area (Å²) in [6.45, 7) is 8.61. The van der Waals surface area contributed by atoms with Crippen LogP contribution < -0.4 is 0 Å². The Bertz CT molecular complexity index is 893. The van der Waals surface area contributed by atoms with Crippen LogP contribution in [-0.4, -0.2) is 19.9 Å². The zero-order valence-electron chi connectivity index (χ0n) is 18.6. The normalized spacial score (nSPS) is 20.7. The topological polar surface area (TPSA) is 51.6 Å². The Hall–Kier alpha value is -2.62. The highest BCUT2D eigenvalue weighted by Gasteiger charge is 2.45. The van der Waals surface area contributed by atoms with Crippen LogP contribution in [0.1, 0.15) is 91.9 Å². The lowest BCUT2D eigenvalue weighted by molar-refractivity contribution is 0.273. The van der Waals surface area contributed by atoms with Crippen molar-refractivity contribution in [2.45, 2.75) is 77.6 Å². The van der Waals surface area contributed by atoms with Crippen molar-refractivity contribution in [3.05, 3.63) is 82.5 Å². The Kier molecular flexibility index (Phi) is 6.21. The molecular formula is C26H32N4. The first-order chi connectivity index (χ1) is 14.7. The fourth-order valence-electron chi connectivity index (χ4n) is 4.61. The zero-order chi connectivity index (χ0) is 21.1. The highest BCUT2D eigenvalue weighted by molar-refractivity contribution is 5.37. The fourth-order valence-corrected chi connectivity index (χ4v) is 4.61. The third-order valence-electron chi connectivity index (χ3n) is 6.37. The summed E-state index contributed by atoms with van der Waals surface area (Å²) >= 11 is 0. The Morgan fingerprint density at radius 2 is 1.17 bits per heavy atom. The Morgan fingerprint density at radius 3 is 1.60 bits per heavy atom. The quantitative estimate of drug-likeness (QED) is 0.520. The monoisotopic (exact) mass is 400 g/mol. The van der Waals surface area contributed by atoms with E-state index in [4.69, 9.17) is 19.9 Å². The van der Waals surface area contributed by atoms with Gasteiger partial charge >= 0.3 is 0 Å². The Balaban J connectivity index is 1.75. The molecule has 2 unspecified atom stereocenters. The summed E-state index contributed by atoms with van der Waals surface area (Å²) in [7, 11) is 0. The van der Waals surface area contributed by atoms with Crippen LogP contribution in [0.4, 0.5) is 0 Å². The summed E-state index contributed by atoms with van der Waals surface area (Å²) in [5.41, 5.74) is 6.07. The minimum atomic E-state index is 0.389. The average molecular weight is 401 g/mol. The minimum Gasteiger partial charge on any atom is -0.238 e. The zero-order valence-corrected chi connectivity index (χ0v) is 18.6. The van der Waals surface area contributed by atoms with Gasteiger partial charge in [0.1, 0.15) is 11.6 Å². The molecule has 2 heterocycles. The van der Waals surface area contributed by atoms with Crippen molar-refractivity contribution in [1.82, 2.24) is 19.9 Å². The molecule has 1 saturated carbocycles. The smallest absolute Gasteiger partial charge is 0.128 e.